The van der Waals surface area contributed by atoms with E-state index in [1.165, 1.54) is 11.3 Å². The smallest absolute Gasteiger partial charge is 0.261 e. The van der Waals surface area contributed by atoms with Crippen LogP contribution in [-0.2, 0) is 6.61 Å². The number of aliphatic hydroxyl groups excluding tert-OH is 1. The molecule has 1 aliphatic rings. The number of aliphatic hydroxyl groups is 1. The van der Waals surface area contributed by atoms with Gasteiger partial charge in [0.1, 0.15) is 12.4 Å². The predicted molar refractivity (Wildman–Crippen MR) is 103 cm³/mol. The van der Waals surface area contributed by atoms with Crippen molar-refractivity contribution in [2.45, 2.75) is 12.7 Å². The van der Waals surface area contributed by atoms with Crippen LogP contribution < -0.4 is 10.1 Å². The minimum absolute atomic E-state index is 0.120. The van der Waals surface area contributed by atoms with Crippen LogP contribution in [0.4, 0.5) is 0 Å². The molecule has 26 heavy (non-hydrogen) atoms. The molecule has 6 heteroatoms. The Morgan fingerprint density at radius 3 is 2.92 bits per heavy atom. The van der Waals surface area contributed by atoms with Gasteiger partial charge >= 0.3 is 0 Å². The Morgan fingerprint density at radius 1 is 1.23 bits per heavy atom. The van der Waals surface area contributed by atoms with Crippen molar-refractivity contribution in [3.05, 3.63) is 75.6 Å². The van der Waals surface area contributed by atoms with E-state index in [0.717, 1.165) is 21.8 Å². The summed E-state index contributed by atoms with van der Waals surface area (Å²) in [6, 6.07) is 16.7. The summed E-state index contributed by atoms with van der Waals surface area (Å²) in [4.78, 5) is 14.2. The molecule has 0 aliphatic carbocycles. The number of nitrogens with one attached hydrogen (secondary N) is 1. The van der Waals surface area contributed by atoms with E-state index in [2.05, 4.69) is 5.32 Å². The number of amides is 1. The lowest BCUT2D eigenvalue weighted by Gasteiger charge is -2.16. The van der Waals surface area contributed by atoms with Crippen molar-refractivity contribution in [3.63, 3.8) is 0 Å². The first-order valence-electron chi connectivity index (χ1n) is 8.18. The maximum atomic E-state index is 12.5. The largest absolute Gasteiger partial charge is 0.488 e. The van der Waals surface area contributed by atoms with E-state index in [1.807, 2.05) is 30.3 Å². The average molecular weight is 386 g/mol. The fourth-order valence-electron chi connectivity index (χ4n) is 2.92. The third-order valence-corrected chi connectivity index (χ3v) is 5.68. The van der Waals surface area contributed by atoms with Gasteiger partial charge in [-0.15, -0.1) is 11.3 Å². The number of hydrogen-bond donors (Lipinski definition) is 2. The van der Waals surface area contributed by atoms with Gasteiger partial charge in [0.05, 0.1) is 11.0 Å². The first kappa shape index (κ1) is 17.1. The number of ether oxygens (including phenoxy) is 1. The zero-order valence-corrected chi connectivity index (χ0v) is 15.3. The summed E-state index contributed by atoms with van der Waals surface area (Å²) < 4.78 is 5.73. The number of thiophene rings is 1. The molecular formula is C20H16ClNO3S. The second kappa shape index (κ2) is 7.11. The van der Waals surface area contributed by atoms with Crippen molar-refractivity contribution >= 4 is 28.8 Å². The number of benzene rings is 2. The highest BCUT2D eigenvalue weighted by molar-refractivity contribution is 7.17. The van der Waals surface area contributed by atoms with Crippen LogP contribution in [0.15, 0.2) is 54.6 Å². The van der Waals surface area contributed by atoms with Crippen LogP contribution in [0.2, 0.25) is 5.02 Å². The number of halogens is 1. The third kappa shape index (κ3) is 3.33. The first-order chi connectivity index (χ1) is 12.6. The summed E-state index contributed by atoms with van der Waals surface area (Å²) in [7, 11) is 0. The number of rotatable bonds is 4. The predicted octanol–water partition coefficient (Wildman–Crippen LogP) is 4.42. The van der Waals surface area contributed by atoms with E-state index in [4.69, 9.17) is 16.3 Å². The SMILES string of the molecule is O=C(NCC(O)c1cccc(Cl)c1)c1cc2c(s1)-c1ccccc1OC2. The van der Waals surface area contributed by atoms with Gasteiger partial charge in [-0.25, -0.2) is 0 Å². The monoisotopic (exact) mass is 385 g/mol. The third-order valence-electron chi connectivity index (χ3n) is 4.24. The van der Waals surface area contributed by atoms with Crippen molar-refractivity contribution in [2.24, 2.45) is 0 Å². The highest BCUT2D eigenvalue weighted by Crippen LogP contribution is 2.42. The van der Waals surface area contributed by atoms with Gasteiger partial charge < -0.3 is 15.2 Å². The van der Waals surface area contributed by atoms with Crippen molar-refractivity contribution < 1.29 is 14.6 Å². The topological polar surface area (TPSA) is 58.6 Å². The summed E-state index contributed by atoms with van der Waals surface area (Å²) in [6.07, 6.45) is -0.809. The molecule has 0 saturated carbocycles. The maximum absolute atomic E-state index is 12.5. The van der Waals surface area contributed by atoms with Gasteiger partial charge in [-0.3, -0.25) is 4.79 Å². The molecule has 0 fully saturated rings. The van der Waals surface area contributed by atoms with E-state index in [-0.39, 0.29) is 12.5 Å². The molecule has 1 aromatic heterocycles. The van der Waals surface area contributed by atoms with Gasteiger partial charge in [-0.2, -0.15) is 0 Å². The average Bonchev–Trinajstić information content (AvgIpc) is 3.11. The van der Waals surface area contributed by atoms with Crippen molar-refractivity contribution in [3.8, 4) is 16.2 Å². The lowest BCUT2D eigenvalue weighted by atomic mass is 10.1. The van der Waals surface area contributed by atoms with Crippen LogP contribution in [-0.4, -0.2) is 17.6 Å². The van der Waals surface area contributed by atoms with E-state index < -0.39 is 6.10 Å². The molecule has 1 unspecified atom stereocenters. The quantitative estimate of drug-likeness (QED) is 0.698. The van der Waals surface area contributed by atoms with Crippen LogP contribution in [0.25, 0.3) is 10.4 Å². The van der Waals surface area contributed by atoms with Gasteiger partial charge in [0.25, 0.3) is 5.91 Å². The number of carbonyl (C=O) groups excluding carboxylic acids is 1. The Morgan fingerprint density at radius 2 is 2.08 bits per heavy atom. The minimum atomic E-state index is -0.809. The summed E-state index contributed by atoms with van der Waals surface area (Å²) in [6.45, 7) is 0.579. The lowest BCUT2D eigenvalue weighted by molar-refractivity contribution is 0.0920. The lowest BCUT2D eigenvalue weighted by Crippen LogP contribution is -2.27. The molecule has 1 amide bonds. The molecule has 1 atom stereocenters. The number of hydrogen-bond acceptors (Lipinski definition) is 4. The maximum Gasteiger partial charge on any atom is 0.261 e. The minimum Gasteiger partial charge on any atom is -0.488 e. The van der Waals surface area contributed by atoms with Crippen molar-refractivity contribution in [1.82, 2.24) is 5.32 Å². The molecule has 0 radical (unpaired) electrons. The summed E-state index contributed by atoms with van der Waals surface area (Å²) in [5, 5.41) is 13.6. The molecule has 0 bridgehead atoms. The number of para-hydroxylation sites is 1. The zero-order valence-electron chi connectivity index (χ0n) is 13.7. The Bertz CT molecular complexity index is 969. The van der Waals surface area contributed by atoms with Gasteiger partial charge in [-0.05, 0) is 35.9 Å². The van der Waals surface area contributed by atoms with E-state index >= 15 is 0 Å². The molecule has 4 rings (SSSR count). The zero-order chi connectivity index (χ0) is 18.1. The molecule has 4 nitrogen and oxygen atoms in total. The summed E-state index contributed by atoms with van der Waals surface area (Å²) in [5.41, 5.74) is 2.69. The van der Waals surface area contributed by atoms with Crippen molar-refractivity contribution in [1.29, 1.82) is 0 Å². The molecule has 1 aliphatic heterocycles. The standard InChI is InChI=1S/C20H16ClNO3S/c21-14-5-3-4-12(8-14)16(23)10-22-20(24)18-9-13-11-25-17-7-2-1-6-15(17)19(13)26-18/h1-9,16,23H,10-11H2,(H,22,24). The van der Waals surface area contributed by atoms with Gasteiger partial charge in [-0.1, -0.05) is 35.9 Å². The number of fused-ring (bicyclic) bond motifs is 3. The van der Waals surface area contributed by atoms with Gasteiger partial charge in [0, 0.05) is 27.6 Å². The molecule has 132 valence electrons. The second-order valence-corrected chi connectivity index (χ2v) is 7.52. The van der Waals surface area contributed by atoms with Gasteiger partial charge in [0.15, 0.2) is 0 Å². The van der Waals surface area contributed by atoms with Crippen molar-refractivity contribution in [2.75, 3.05) is 6.54 Å². The second-order valence-electron chi connectivity index (χ2n) is 6.03. The molecule has 2 aromatic carbocycles. The normalized spacial score (nSPS) is 13.3. The Kier molecular flexibility index (Phi) is 4.68. The molecule has 2 N–H and O–H groups in total. The van der Waals surface area contributed by atoms with Crippen LogP contribution in [0.1, 0.15) is 26.9 Å². The molecule has 2 heterocycles. The van der Waals surface area contributed by atoms with Crippen LogP contribution in [0.5, 0.6) is 5.75 Å². The summed E-state index contributed by atoms with van der Waals surface area (Å²) in [5.74, 6) is 0.633. The molecular weight excluding hydrogens is 370 g/mol. The Balaban J connectivity index is 1.48. The van der Waals surface area contributed by atoms with E-state index in [0.29, 0.717) is 22.1 Å². The highest BCUT2D eigenvalue weighted by Gasteiger charge is 2.22. The van der Waals surface area contributed by atoms with E-state index in [9.17, 15) is 9.90 Å². The molecule has 0 saturated heterocycles. The number of carbonyl (C=O) groups is 1. The summed E-state index contributed by atoms with van der Waals surface area (Å²) >= 11 is 7.38. The fourth-order valence-corrected chi connectivity index (χ4v) is 4.23. The Labute approximate surface area is 160 Å². The van der Waals surface area contributed by atoms with Crippen LogP contribution in [0, 0.1) is 0 Å². The molecule has 3 aromatic rings. The highest BCUT2D eigenvalue weighted by atomic mass is 35.5. The molecule has 0 spiro atoms. The van der Waals surface area contributed by atoms with E-state index in [1.54, 1.807) is 24.3 Å². The fraction of sp³-hybridized carbons (Fsp3) is 0.150. The Hall–Kier alpha value is -2.34. The first-order valence-corrected chi connectivity index (χ1v) is 9.38. The van der Waals surface area contributed by atoms with Gasteiger partial charge in [0.2, 0.25) is 0 Å². The van der Waals surface area contributed by atoms with Crippen LogP contribution >= 0.6 is 22.9 Å². The van der Waals surface area contributed by atoms with Crippen LogP contribution in [0.3, 0.4) is 0 Å².